The van der Waals surface area contributed by atoms with Gasteiger partial charge in [-0.25, -0.2) is 0 Å². The van der Waals surface area contributed by atoms with Gasteiger partial charge in [-0.3, -0.25) is 0 Å². The van der Waals surface area contributed by atoms with E-state index in [1.54, 1.807) is 64.2 Å². The van der Waals surface area contributed by atoms with Crippen LogP contribution in [0.1, 0.15) is 90.4 Å². The molecule has 9 rings (SSSR count). The van der Waals surface area contributed by atoms with Crippen molar-refractivity contribution in [2.75, 3.05) is 6.61 Å². The molecular formula is C24H36O. The van der Waals surface area contributed by atoms with Crippen LogP contribution < -0.4 is 0 Å². The molecule has 5 atom stereocenters. The van der Waals surface area contributed by atoms with Gasteiger partial charge in [0.05, 0.1) is 12.2 Å². The summed E-state index contributed by atoms with van der Waals surface area (Å²) in [5.74, 6) is 5.45. The largest absolute Gasteiger partial charge is 0.375 e. The van der Waals surface area contributed by atoms with E-state index in [0.29, 0.717) is 5.41 Å². The van der Waals surface area contributed by atoms with Gasteiger partial charge in [-0.1, -0.05) is 0 Å². The molecule has 0 aromatic rings. The second kappa shape index (κ2) is 4.34. The molecule has 0 aromatic heterocycles. The molecule has 1 saturated heterocycles. The van der Waals surface area contributed by atoms with Gasteiger partial charge in [0.1, 0.15) is 0 Å². The maximum Gasteiger partial charge on any atom is 0.0732 e. The fraction of sp³-hybridized carbons (Fsp3) is 1.00. The first-order chi connectivity index (χ1) is 12.0. The zero-order chi connectivity index (χ0) is 16.5. The SMILES string of the molecule is CC1(C23C[C@@H]4C[C@@H](CC(C56CC7CC(CC(C7)C5)C6)(C4)C2)C3)CCO1. The number of hydrogen-bond donors (Lipinski definition) is 0. The van der Waals surface area contributed by atoms with E-state index in [0.717, 1.165) is 47.0 Å². The van der Waals surface area contributed by atoms with Crippen molar-refractivity contribution in [1.29, 1.82) is 0 Å². The van der Waals surface area contributed by atoms with E-state index in [9.17, 15) is 0 Å². The maximum atomic E-state index is 6.37. The Kier molecular flexibility index (Phi) is 2.59. The molecule has 9 aliphatic rings. The Morgan fingerprint density at radius 2 is 1.04 bits per heavy atom. The van der Waals surface area contributed by atoms with E-state index in [1.807, 2.05) is 0 Å². The molecule has 8 aliphatic carbocycles. The molecule has 0 radical (unpaired) electrons. The molecule has 138 valence electrons. The lowest BCUT2D eigenvalue weighted by molar-refractivity contribution is -0.295. The molecule has 0 amide bonds. The van der Waals surface area contributed by atoms with Crippen molar-refractivity contribution in [2.45, 2.75) is 96.0 Å². The van der Waals surface area contributed by atoms with Gasteiger partial charge in [-0.05, 0) is 124 Å². The summed E-state index contributed by atoms with van der Waals surface area (Å²) in [6, 6.07) is 0. The van der Waals surface area contributed by atoms with Crippen LogP contribution in [-0.4, -0.2) is 12.2 Å². The lowest BCUT2D eigenvalue weighted by Gasteiger charge is -2.75. The lowest BCUT2D eigenvalue weighted by atomic mass is 9.31. The van der Waals surface area contributed by atoms with Crippen molar-refractivity contribution in [1.82, 2.24) is 0 Å². The Balaban J connectivity index is 1.33. The molecule has 1 heteroatoms. The van der Waals surface area contributed by atoms with E-state index in [4.69, 9.17) is 4.74 Å². The Morgan fingerprint density at radius 3 is 1.52 bits per heavy atom. The van der Waals surface area contributed by atoms with Crippen molar-refractivity contribution >= 4 is 0 Å². The van der Waals surface area contributed by atoms with Crippen LogP contribution in [0, 0.1) is 45.8 Å². The van der Waals surface area contributed by atoms with Crippen LogP contribution in [-0.2, 0) is 4.74 Å². The van der Waals surface area contributed by atoms with Crippen LogP contribution in [0.3, 0.4) is 0 Å². The topological polar surface area (TPSA) is 9.23 Å². The third-order valence-corrected chi connectivity index (χ3v) is 11.3. The van der Waals surface area contributed by atoms with Gasteiger partial charge in [0.2, 0.25) is 0 Å². The Labute approximate surface area is 153 Å². The summed E-state index contributed by atoms with van der Waals surface area (Å²) in [5.41, 5.74) is 2.32. The predicted octanol–water partition coefficient (Wildman–Crippen LogP) is 5.97. The molecule has 9 fully saturated rings. The van der Waals surface area contributed by atoms with Crippen LogP contribution in [0.5, 0.6) is 0 Å². The summed E-state index contributed by atoms with van der Waals surface area (Å²) < 4.78 is 6.37. The molecule has 3 unspecified atom stereocenters. The number of ether oxygens (including phenoxy) is 1. The highest BCUT2D eigenvalue weighted by molar-refractivity contribution is 5.20. The van der Waals surface area contributed by atoms with Gasteiger partial charge in [-0.2, -0.15) is 0 Å². The van der Waals surface area contributed by atoms with E-state index in [1.165, 1.54) is 19.3 Å². The van der Waals surface area contributed by atoms with E-state index in [-0.39, 0.29) is 5.60 Å². The minimum atomic E-state index is 0.248. The van der Waals surface area contributed by atoms with E-state index >= 15 is 0 Å². The Hall–Kier alpha value is -0.0400. The van der Waals surface area contributed by atoms with Crippen molar-refractivity contribution in [3.05, 3.63) is 0 Å². The zero-order valence-corrected chi connectivity index (χ0v) is 16.2. The number of rotatable bonds is 2. The lowest BCUT2D eigenvalue weighted by Crippen LogP contribution is -2.68. The van der Waals surface area contributed by atoms with Gasteiger partial charge < -0.3 is 4.74 Å². The molecule has 0 spiro atoms. The standard InChI is InChI=1S/C24H36O/c1-21(2-3-25-21)23-11-19-7-20(12-23)14-24(13-19,15-23)22-8-16-4-17(9-22)6-18(5-16)10-22/h16-20H,2-15H2,1H3/t16?,17?,18?,19-,20+,21?,22?,23?,24?. The average Bonchev–Trinajstić information content (AvgIpc) is 2.50. The second-order valence-corrected chi connectivity index (χ2v) is 12.5. The molecule has 0 N–H and O–H groups in total. The first-order valence-corrected chi connectivity index (χ1v) is 11.7. The zero-order valence-electron chi connectivity index (χ0n) is 16.2. The summed E-state index contributed by atoms with van der Waals surface area (Å²) in [4.78, 5) is 0. The minimum Gasteiger partial charge on any atom is -0.375 e. The molecule has 1 aliphatic heterocycles. The quantitative estimate of drug-likeness (QED) is 0.602. The summed E-state index contributed by atoms with van der Waals surface area (Å²) in [6.45, 7) is 3.55. The molecule has 25 heavy (non-hydrogen) atoms. The van der Waals surface area contributed by atoms with Crippen LogP contribution in [0.2, 0.25) is 0 Å². The average molecular weight is 341 g/mol. The summed E-state index contributed by atoms with van der Waals surface area (Å²) in [6.07, 6.45) is 20.5. The van der Waals surface area contributed by atoms with Crippen molar-refractivity contribution in [2.24, 2.45) is 45.8 Å². The van der Waals surface area contributed by atoms with Crippen molar-refractivity contribution in [3.63, 3.8) is 0 Å². The van der Waals surface area contributed by atoms with Gasteiger partial charge in [-0.15, -0.1) is 0 Å². The molecular weight excluding hydrogens is 304 g/mol. The Bertz CT molecular complexity index is 564. The van der Waals surface area contributed by atoms with Crippen LogP contribution in [0.25, 0.3) is 0 Å². The van der Waals surface area contributed by atoms with Crippen LogP contribution in [0.4, 0.5) is 0 Å². The molecule has 1 nitrogen and oxygen atoms in total. The fourth-order valence-corrected chi connectivity index (χ4v) is 11.1. The van der Waals surface area contributed by atoms with Gasteiger partial charge in [0, 0.05) is 11.8 Å². The molecule has 1 heterocycles. The minimum absolute atomic E-state index is 0.248. The Morgan fingerprint density at radius 1 is 0.600 bits per heavy atom. The summed E-state index contributed by atoms with van der Waals surface area (Å²) >= 11 is 0. The highest BCUT2D eigenvalue weighted by Gasteiger charge is 2.71. The van der Waals surface area contributed by atoms with Crippen molar-refractivity contribution in [3.8, 4) is 0 Å². The monoisotopic (exact) mass is 340 g/mol. The van der Waals surface area contributed by atoms with E-state index < -0.39 is 0 Å². The van der Waals surface area contributed by atoms with Gasteiger partial charge in [0.25, 0.3) is 0 Å². The third kappa shape index (κ3) is 1.68. The van der Waals surface area contributed by atoms with Crippen molar-refractivity contribution < 1.29 is 4.74 Å². The normalized spacial score (nSPS) is 66.8. The smallest absolute Gasteiger partial charge is 0.0732 e. The van der Waals surface area contributed by atoms with Crippen LogP contribution >= 0.6 is 0 Å². The summed E-state index contributed by atoms with van der Waals surface area (Å²) in [5, 5.41) is 0. The first kappa shape index (κ1) is 14.9. The van der Waals surface area contributed by atoms with E-state index in [2.05, 4.69) is 6.92 Å². The highest BCUT2D eigenvalue weighted by Crippen LogP contribution is 2.78. The molecule has 8 saturated carbocycles. The summed E-state index contributed by atoms with van der Waals surface area (Å²) in [7, 11) is 0. The fourth-order valence-electron chi connectivity index (χ4n) is 11.1. The molecule has 0 aromatic carbocycles. The maximum absolute atomic E-state index is 6.37. The third-order valence-electron chi connectivity index (χ3n) is 11.3. The second-order valence-electron chi connectivity index (χ2n) is 12.5. The molecule has 8 bridgehead atoms. The van der Waals surface area contributed by atoms with Crippen LogP contribution in [0.15, 0.2) is 0 Å². The highest BCUT2D eigenvalue weighted by atomic mass is 16.5. The first-order valence-electron chi connectivity index (χ1n) is 11.7. The van der Waals surface area contributed by atoms with Gasteiger partial charge in [0.15, 0.2) is 0 Å². The van der Waals surface area contributed by atoms with Gasteiger partial charge >= 0.3 is 0 Å². The number of hydrogen-bond acceptors (Lipinski definition) is 1. The predicted molar refractivity (Wildman–Crippen MR) is 99.1 cm³/mol.